The molecule has 0 aliphatic heterocycles. The molecule has 0 saturated heterocycles. The Kier molecular flexibility index (Phi) is 6.25. The number of pyridine rings is 1. The maximum Gasteiger partial charge on any atom is 0.232 e. The number of hydrogen-bond donors (Lipinski definition) is 2. The van der Waals surface area contributed by atoms with Crippen molar-refractivity contribution in [2.24, 2.45) is 0 Å². The minimum Gasteiger partial charge on any atom is -0.497 e. The third kappa shape index (κ3) is 5.62. The first-order valence-corrected chi connectivity index (χ1v) is 9.15. The summed E-state index contributed by atoms with van der Waals surface area (Å²) in [6.45, 7) is 2.62. The molecule has 2 rings (SSSR count). The van der Waals surface area contributed by atoms with Crippen LogP contribution in [0.3, 0.4) is 0 Å². The maximum absolute atomic E-state index is 11.5. The number of benzene rings is 1. The highest BCUT2D eigenvalue weighted by atomic mass is 32.2. The van der Waals surface area contributed by atoms with Crippen LogP contribution in [-0.2, 0) is 10.0 Å². The predicted molar refractivity (Wildman–Crippen MR) is 94.3 cm³/mol. The summed E-state index contributed by atoms with van der Waals surface area (Å²) in [7, 11) is -1.67. The van der Waals surface area contributed by atoms with E-state index in [1.165, 1.54) is 6.20 Å². The van der Waals surface area contributed by atoms with E-state index in [1.807, 2.05) is 24.3 Å². The molecule has 0 unspecified atom stereocenters. The van der Waals surface area contributed by atoms with Gasteiger partial charge in [-0.3, -0.25) is 4.72 Å². The molecular weight excluding hydrogens is 330 g/mol. The largest absolute Gasteiger partial charge is 0.497 e. The summed E-state index contributed by atoms with van der Waals surface area (Å²) in [6, 6.07) is 10.7. The van der Waals surface area contributed by atoms with E-state index in [9.17, 15) is 8.42 Å². The minimum atomic E-state index is -3.28. The number of aromatic nitrogens is 1. The van der Waals surface area contributed by atoms with Crippen LogP contribution in [-0.4, -0.2) is 39.4 Å². The third-order valence-corrected chi connectivity index (χ3v) is 4.46. The number of methoxy groups -OCH3 is 1. The number of anilines is 2. The average Bonchev–Trinajstić information content (AvgIpc) is 2.60. The van der Waals surface area contributed by atoms with Gasteiger partial charge in [0.15, 0.2) is 0 Å². The second kappa shape index (κ2) is 8.39. The quantitative estimate of drug-likeness (QED) is 0.674. The van der Waals surface area contributed by atoms with Crippen molar-refractivity contribution in [2.45, 2.75) is 6.92 Å². The summed E-state index contributed by atoms with van der Waals surface area (Å²) in [4.78, 5) is 4.15. The van der Waals surface area contributed by atoms with Gasteiger partial charge in [-0.1, -0.05) is 0 Å². The van der Waals surface area contributed by atoms with Gasteiger partial charge >= 0.3 is 0 Å². The van der Waals surface area contributed by atoms with Gasteiger partial charge in [-0.05, 0) is 43.3 Å². The zero-order valence-corrected chi connectivity index (χ0v) is 14.5. The Hall–Kier alpha value is -2.48. The molecular formula is C16H21N3O4S. The van der Waals surface area contributed by atoms with Crippen LogP contribution in [0.2, 0.25) is 0 Å². The zero-order valence-electron chi connectivity index (χ0n) is 13.7. The molecule has 0 atom stereocenters. The normalized spacial score (nSPS) is 10.9. The Morgan fingerprint density at radius 3 is 2.38 bits per heavy atom. The zero-order chi connectivity index (χ0) is 17.4. The summed E-state index contributed by atoms with van der Waals surface area (Å²) in [5.41, 5.74) is 0.442. The van der Waals surface area contributed by atoms with Crippen molar-refractivity contribution in [3.8, 4) is 11.5 Å². The van der Waals surface area contributed by atoms with E-state index in [4.69, 9.17) is 9.47 Å². The van der Waals surface area contributed by atoms with E-state index >= 15 is 0 Å². The second-order valence-electron chi connectivity index (χ2n) is 4.89. The van der Waals surface area contributed by atoms with Gasteiger partial charge in [0, 0.05) is 0 Å². The molecule has 0 radical (unpaired) electrons. The molecule has 24 heavy (non-hydrogen) atoms. The Morgan fingerprint density at radius 2 is 1.79 bits per heavy atom. The topological polar surface area (TPSA) is 89.6 Å². The van der Waals surface area contributed by atoms with Crippen LogP contribution in [0.5, 0.6) is 11.5 Å². The smallest absolute Gasteiger partial charge is 0.232 e. The Morgan fingerprint density at radius 1 is 1.08 bits per heavy atom. The Labute approximate surface area is 142 Å². The first kappa shape index (κ1) is 17.9. The minimum absolute atomic E-state index is 0.0235. The fourth-order valence-corrected chi connectivity index (χ4v) is 2.45. The van der Waals surface area contributed by atoms with Gasteiger partial charge in [-0.25, -0.2) is 13.4 Å². The number of nitrogens with one attached hydrogen (secondary N) is 2. The highest BCUT2D eigenvalue weighted by Gasteiger charge is 2.06. The lowest BCUT2D eigenvalue weighted by Crippen LogP contribution is -2.15. The first-order chi connectivity index (χ1) is 11.5. The summed E-state index contributed by atoms with van der Waals surface area (Å²) in [6.07, 6.45) is 1.47. The van der Waals surface area contributed by atoms with Gasteiger partial charge < -0.3 is 14.8 Å². The number of rotatable bonds is 9. The molecule has 0 fully saturated rings. The van der Waals surface area contributed by atoms with Crippen molar-refractivity contribution in [2.75, 3.05) is 36.1 Å². The molecule has 1 aromatic carbocycles. The van der Waals surface area contributed by atoms with Crippen molar-refractivity contribution in [1.29, 1.82) is 0 Å². The lowest BCUT2D eigenvalue weighted by molar-refractivity contribution is 0.331. The van der Waals surface area contributed by atoms with Crippen LogP contribution in [0.1, 0.15) is 6.92 Å². The van der Waals surface area contributed by atoms with Crippen LogP contribution in [0, 0.1) is 0 Å². The number of nitrogens with zero attached hydrogens (tertiary/aromatic N) is 1. The van der Waals surface area contributed by atoms with Gasteiger partial charge in [0.2, 0.25) is 10.0 Å². The summed E-state index contributed by atoms with van der Waals surface area (Å²) in [5, 5.41) is 3.10. The first-order valence-electron chi connectivity index (χ1n) is 7.49. The molecule has 8 heteroatoms. The molecule has 0 saturated carbocycles. The number of hydrogen-bond acceptors (Lipinski definition) is 6. The summed E-state index contributed by atoms with van der Waals surface area (Å²) < 4.78 is 36.0. The standard InChI is InChI=1S/C16H21N3O4S/c1-3-24(20,21)19-13-4-9-16(18-12-13)17-10-11-23-15-7-5-14(22-2)6-8-15/h4-9,12,19H,3,10-11H2,1-2H3,(H,17,18). The van der Waals surface area contributed by atoms with Gasteiger partial charge in [-0.2, -0.15) is 0 Å². The van der Waals surface area contributed by atoms with Crippen molar-refractivity contribution >= 4 is 21.5 Å². The van der Waals surface area contributed by atoms with E-state index in [1.54, 1.807) is 26.2 Å². The molecule has 2 aromatic rings. The van der Waals surface area contributed by atoms with Crippen molar-refractivity contribution in [3.63, 3.8) is 0 Å². The van der Waals surface area contributed by atoms with Gasteiger partial charge in [0.25, 0.3) is 0 Å². The van der Waals surface area contributed by atoms with Crippen molar-refractivity contribution < 1.29 is 17.9 Å². The molecule has 1 heterocycles. The van der Waals surface area contributed by atoms with Crippen LogP contribution >= 0.6 is 0 Å². The third-order valence-electron chi connectivity index (χ3n) is 3.15. The molecule has 0 amide bonds. The Bertz CT molecular complexity index is 731. The molecule has 7 nitrogen and oxygen atoms in total. The second-order valence-corrected chi connectivity index (χ2v) is 6.90. The average molecular weight is 351 g/mol. The molecule has 0 aliphatic rings. The SMILES string of the molecule is CCS(=O)(=O)Nc1ccc(NCCOc2ccc(OC)cc2)nc1. The van der Waals surface area contributed by atoms with E-state index < -0.39 is 10.0 Å². The molecule has 130 valence electrons. The van der Waals surface area contributed by atoms with E-state index in [-0.39, 0.29) is 5.75 Å². The molecule has 2 N–H and O–H groups in total. The highest BCUT2D eigenvalue weighted by Crippen LogP contribution is 2.17. The molecule has 0 aliphatic carbocycles. The van der Waals surface area contributed by atoms with Crippen LogP contribution in [0.15, 0.2) is 42.6 Å². The van der Waals surface area contributed by atoms with Crippen LogP contribution < -0.4 is 19.5 Å². The monoisotopic (exact) mass is 351 g/mol. The lowest BCUT2D eigenvalue weighted by atomic mass is 10.3. The summed E-state index contributed by atoms with van der Waals surface area (Å²) >= 11 is 0. The molecule has 0 spiro atoms. The van der Waals surface area contributed by atoms with E-state index in [0.29, 0.717) is 24.7 Å². The van der Waals surface area contributed by atoms with E-state index in [0.717, 1.165) is 11.5 Å². The van der Waals surface area contributed by atoms with Gasteiger partial charge in [0.05, 0.1) is 31.3 Å². The van der Waals surface area contributed by atoms with Gasteiger partial charge in [0.1, 0.15) is 23.9 Å². The lowest BCUT2D eigenvalue weighted by Gasteiger charge is -2.09. The predicted octanol–water partition coefficient (Wildman–Crippen LogP) is 2.34. The Balaban J connectivity index is 1.76. The number of ether oxygens (including phenoxy) is 2. The van der Waals surface area contributed by atoms with Gasteiger partial charge in [-0.15, -0.1) is 0 Å². The molecule has 0 bridgehead atoms. The fourth-order valence-electron chi connectivity index (χ4n) is 1.83. The molecule has 1 aromatic heterocycles. The van der Waals surface area contributed by atoms with Crippen LogP contribution in [0.4, 0.5) is 11.5 Å². The highest BCUT2D eigenvalue weighted by molar-refractivity contribution is 7.92. The maximum atomic E-state index is 11.5. The van der Waals surface area contributed by atoms with Crippen molar-refractivity contribution in [3.05, 3.63) is 42.6 Å². The van der Waals surface area contributed by atoms with Crippen molar-refractivity contribution in [1.82, 2.24) is 4.98 Å². The number of sulfonamides is 1. The van der Waals surface area contributed by atoms with E-state index in [2.05, 4.69) is 15.0 Å². The summed E-state index contributed by atoms with van der Waals surface area (Å²) in [5.74, 6) is 2.21. The van der Waals surface area contributed by atoms with Crippen LogP contribution in [0.25, 0.3) is 0 Å². The fraction of sp³-hybridized carbons (Fsp3) is 0.312.